The molecule has 1 aromatic rings. The van der Waals surface area contributed by atoms with E-state index in [2.05, 4.69) is 17.3 Å². The summed E-state index contributed by atoms with van der Waals surface area (Å²) in [5, 5.41) is 3.36. The summed E-state index contributed by atoms with van der Waals surface area (Å²) < 4.78 is 18.0. The second kappa shape index (κ2) is 6.70. The predicted molar refractivity (Wildman–Crippen MR) is 76.5 cm³/mol. The Bertz CT molecular complexity index is 479. The lowest BCUT2D eigenvalue weighted by molar-refractivity contribution is 0.0601. The van der Waals surface area contributed by atoms with Crippen LogP contribution in [0.4, 0.5) is 10.1 Å². The predicted octanol–water partition coefficient (Wildman–Crippen LogP) is 2.51. The molecular weight excluding hydrogens is 259 g/mol. The molecule has 1 fully saturated rings. The number of nitrogens with one attached hydrogen (secondary N) is 1. The van der Waals surface area contributed by atoms with E-state index in [4.69, 9.17) is 4.74 Å². The Morgan fingerprint density at radius 1 is 1.40 bits per heavy atom. The van der Waals surface area contributed by atoms with Crippen molar-refractivity contribution in [1.29, 1.82) is 0 Å². The fourth-order valence-electron chi connectivity index (χ4n) is 2.53. The van der Waals surface area contributed by atoms with E-state index < -0.39 is 11.8 Å². The number of hydrogen-bond acceptors (Lipinski definition) is 4. The maximum atomic E-state index is 13.3. The van der Waals surface area contributed by atoms with Gasteiger partial charge in [0, 0.05) is 11.7 Å². The molecule has 1 heterocycles. The molecule has 1 aliphatic rings. The average Bonchev–Trinajstić information content (AvgIpc) is 2.65. The highest BCUT2D eigenvalue weighted by molar-refractivity contribution is 5.95. The SMILES string of the molecule is COC(=O)c1cc(F)ccc1NC1CCCN(C)CC1. The van der Waals surface area contributed by atoms with Gasteiger partial charge in [0.2, 0.25) is 0 Å². The quantitative estimate of drug-likeness (QED) is 0.864. The number of rotatable bonds is 3. The van der Waals surface area contributed by atoms with Crippen LogP contribution in [0.2, 0.25) is 0 Å². The van der Waals surface area contributed by atoms with Crippen LogP contribution in [0.3, 0.4) is 0 Å². The van der Waals surface area contributed by atoms with E-state index in [1.807, 2.05) is 0 Å². The van der Waals surface area contributed by atoms with Crippen LogP contribution in [0.15, 0.2) is 18.2 Å². The minimum absolute atomic E-state index is 0.255. The first-order chi connectivity index (χ1) is 9.60. The van der Waals surface area contributed by atoms with Gasteiger partial charge >= 0.3 is 5.97 Å². The number of esters is 1. The molecule has 0 bridgehead atoms. The van der Waals surface area contributed by atoms with Gasteiger partial charge in [-0.1, -0.05) is 0 Å². The first-order valence-corrected chi connectivity index (χ1v) is 6.93. The normalized spacial score (nSPS) is 20.2. The van der Waals surface area contributed by atoms with Crippen LogP contribution in [0.5, 0.6) is 0 Å². The van der Waals surface area contributed by atoms with Crippen molar-refractivity contribution in [3.05, 3.63) is 29.6 Å². The summed E-state index contributed by atoms with van der Waals surface area (Å²) in [6.45, 7) is 2.11. The molecule has 1 unspecified atom stereocenters. The van der Waals surface area contributed by atoms with Crippen LogP contribution in [-0.2, 0) is 4.74 Å². The van der Waals surface area contributed by atoms with Gasteiger partial charge in [-0.15, -0.1) is 0 Å². The van der Waals surface area contributed by atoms with Crippen molar-refractivity contribution in [2.45, 2.75) is 25.3 Å². The number of ether oxygens (including phenoxy) is 1. The van der Waals surface area contributed by atoms with Gasteiger partial charge in [-0.05, 0) is 57.6 Å². The molecule has 2 rings (SSSR count). The third-order valence-electron chi connectivity index (χ3n) is 3.70. The molecule has 4 nitrogen and oxygen atoms in total. The molecule has 0 amide bonds. The molecular formula is C15H21FN2O2. The lowest BCUT2D eigenvalue weighted by Gasteiger charge is -2.19. The molecule has 110 valence electrons. The summed E-state index contributed by atoms with van der Waals surface area (Å²) in [5.41, 5.74) is 0.901. The number of likely N-dealkylation sites (tertiary alicyclic amines) is 1. The van der Waals surface area contributed by atoms with E-state index in [9.17, 15) is 9.18 Å². The number of methoxy groups -OCH3 is 1. The van der Waals surface area contributed by atoms with Crippen molar-refractivity contribution in [3.63, 3.8) is 0 Å². The Kier molecular flexibility index (Phi) is 4.95. The van der Waals surface area contributed by atoms with Gasteiger partial charge in [0.25, 0.3) is 0 Å². The second-order valence-electron chi connectivity index (χ2n) is 5.26. The largest absolute Gasteiger partial charge is 0.465 e. The lowest BCUT2D eigenvalue weighted by atomic mass is 10.1. The number of nitrogens with zero attached hydrogens (tertiary/aromatic N) is 1. The summed E-state index contributed by atoms with van der Waals surface area (Å²) in [6.07, 6.45) is 3.17. The van der Waals surface area contributed by atoms with Crippen LogP contribution in [0.25, 0.3) is 0 Å². The zero-order valence-electron chi connectivity index (χ0n) is 12.0. The molecule has 20 heavy (non-hydrogen) atoms. The van der Waals surface area contributed by atoms with Crippen LogP contribution in [0.1, 0.15) is 29.6 Å². The number of halogens is 1. The van der Waals surface area contributed by atoms with E-state index in [0.717, 1.165) is 32.4 Å². The standard InChI is InChI=1S/C15H21FN2O2/c1-18-8-3-4-12(7-9-18)17-14-6-5-11(16)10-13(14)15(19)20-2/h5-6,10,12,17H,3-4,7-9H2,1-2H3. The van der Waals surface area contributed by atoms with E-state index in [0.29, 0.717) is 11.7 Å². The number of carbonyl (C=O) groups excluding carboxylic acids is 1. The number of anilines is 1. The molecule has 1 saturated heterocycles. The zero-order valence-corrected chi connectivity index (χ0v) is 12.0. The first kappa shape index (κ1) is 14.8. The van der Waals surface area contributed by atoms with Crippen molar-refractivity contribution >= 4 is 11.7 Å². The highest BCUT2D eigenvalue weighted by Crippen LogP contribution is 2.22. The molecule has 1 aromatic carbocycles. The highest BCUT2D eigenvalue weighted by atomic mass is 19.1. The van der Waals surface area contributed by atoms with Crippen molar-refractivity contribution in [1.82, 2.24) is 4.90 Å². The summed E-state index contributed by atoms with van der Waals surface area (Å²) in [7, 11) is 3.41. The third kappa shape index (κ3) is 3.70. The first-order valence-electron chi connectivity index (χ1n) is 6.93. The maximum absolute atomic E-state index is 13.3. The molecule has 0 aromatic heterocycles. The average molecular weight is 280 g/mol. The van der Waals surface area contributed by atoms with Crippen LogP contribution < -0.4 is 5.32 Å². The van der Waals surface area contributed by atoms with E-state index >= 15 is 0 Å². The van der Waals surface area contributed by atoms with Gasteiger partial charge in [-0.25, -0.2) is 9.18 Å². The van der Waals surface area contributed by atoms with Gasteiger partial charge in [0.05, 0.1) is 12.7 Å². The van der Waals surface area contributed by atoms with Gasteiger partial charge in [0.15, 0.2) is 0 Å². The van der Waals surface area contributed by atoms with Crippen molar-refractivity contribution in [2.75, 3.05) is 32.6 Å². The van der Waals surface area contributed by atoms with E-state index in [-0.39, 0.29) is 5.56 Å². The monoisotopic (exact) mass is 280 g/mol. The smallest absolute Gasteiger partial charge is 0.340 e. The zero-order chi connectivity index (χ0) is 14.5. The van der Waals surface area contributed by atoms with Gasteiger partial charge in [-0.2, -0.15) is 0 Å². The Hall–Kier alpha value is -1.62. The summed E-state index contributed by atoms with van der Waals surface area (Å²) >= 11 is 0. The molecule has 0 radical (unpaired) electrons. The Morgan fingerprint density at radius 2 is 2.20 bits per heavy atom. The minimum Gasteiger partial charge on any atom is -0.465 e. The molecule has 5 heteroatoms. The Morgan fingerprint density at radius 3 is 2.95 bits per heavy atom. The fraction of sp³-hybridized carbons (Fsp3) is 0.533. The fourth-order valence-corrected chi connectivity index (χ4v) is 2.53. The van der Waals surface area contributed by atoms with Crippen molar-refractivity contribution in [2.24, 2.45) is 0 Å². The maximum Gasteiger partial charge on any atom is 0.340 e. The van der Waals surface area contributed by atoms with Crippen molar-refractivity contribution < 1.29 is 13.9 Å². The van der Waals surface area contributed by atoms with Crippen LogP contribution in [-0.4, -0.2) is 44.2 Å². The number of benzene rings is 1. The van der Waals surface area contributed by atoms with Gasteiger partial charge < -0.3 is 15.0 Å². The van der Waals surface area contributed by atoms with Crippen LogP contribution >= 0.6 is 0 Å². The van der Waals surface area contributed by atoms with Crippen molar-refractivity contribution in [3.8, 4) is 0 Å². The molecule has 1 N–H and O–H groups in total. The van der Waals surface area contributed by atoms with Crippen LogP contribution in [0, 0.1) is 5.82 Å². The lowest BCUT2D eigenvalue weighted by Crippen LogP contribution is -2.24. The minimum atomic E-state index is -0.516. The van der Waals surface area contributed by atoms with Gasteiger partial charge in [-0.3, -0.25) is 0 Å². The summed E-state index contributed by atoms with van der Waals surface area (Å²) in [5.74, 6) is -0.950. The second-order valence-corrected chi connectivity index (χ2v) is 5.26. The Labute approximate surface area is 118 Å². The summed E-state index contributed by atoms with van der Waals surface area (Å²) in [6, 6.07) is 4.49. The van der Waals surface area contributed by atoms with E-state index in [1.54, 1.807) is 6.07 Å². The molecule has 0 aliphatic carbocycles. The molecule has 1 atom stereocenters. The molecule has 1 aliphatic heterocycles. The third-order valence-corrected chi connectivity index (χ3v) is 3.70. The number of carbonyl (C=O) groups is 1. The number of hydrogen-bond donors (Lipinski definition) is 1. The van der Waals surface area contributed by atoms with Gasteiger partial charge in [0.1, 0.15) is 5.82 Å². The topological polar surface area (TPSA) is 41.6 Å². The molecule has 0 saturated carbocycles. The summed E-state index contributed by atoms with van der Waals surface area (Å²) in [4.78, 5) is 14.0. The Balaban J connectivity index is 2.14. The molecule has 0 spiro atoms. The highest BCUT2D eigenvalue weighted by Gasteiger charge is 2.18. The van der Waals surface area contributed by atoms with E-state index in [1.165, 1.54) is 19.2 Å².